The number of ether oxygens (including phenoxy) is 1. The van der Waals surface area contributed by atoms with Crippen molar-refractivity contribution in [3.63, 3.8) is 0 Å². The van der Waals surface area contributed by atoms with Gasteiger partial charge in [-0.25, -0.2) is 4.39 Å². The Morgan fingerprint density at radius 2 is 1.81 bits per heavy atom. The van der Waals surface area contributed by atoms with E-state index in [1.807, 2.05) is 30.3 Å². The van der Waals surface area contributed by atoms with E-state index in [0.717, 1.165) is 29.0 Å². The van der Waals surface area contributed by atoms with Crippen molar-refractivity contribution in [3.8, 4) is 0 Å². The summed E-state index contributed by atoms with van der Waals surface area (Å²) in [5, 5.41) is 3.91. The molecular weight excluding hydrogens is 365 g/mol. The molecule has 2 aromatic carbocycles. The molecule has 1 saturated carbocycles. The van der Waals surface area contributed by atoms with Crippen LogP contribution >= 0.6 is 11.6 Å². The van der Waals surface area contributed by atoms with Crippen molar-refractivity contribution < 1.29 is 13.9 Å². The number of carbonyl (C=O) groups excluding carboxylic acids is 1. The van der Waals surface area contributed by atoms with E-state index in [-0.39, 0.29) is 17.1 Å². The molecule has 1 heterocycles. The summed E-state index contributed by atoms with van der Waals surface area (Å²) in [5.41, 5.74) is 1.00. The van der Waals surface area contributed by atoms with Crippen LogP contribution in [0.25, 0.3) is 0 Å². The van der Waals surface area contributed by atoms with Crippen molar-refractivity contribution in [3.05, 3.63) is 70.5 Å². The minimum absolute atomic E-state index is 0.0465. The summed E-state index contributed by atoms with van der Waals surface area (Å²) in [7, 11) is 0. The van der Waals surface area contributed by atoms with E-state index < -0.39 is 5.41 Å². The summed E-state index contributed by atoms with van der Waals surface area (Å²) in [4.78, 5) is 13.3. The fourth-order valence-electron chi connectivity index (χ4n) is 4.16. The third-order valence-corrected chi connectivity index (χ3v) is 6.37. The highest BCUT2D eigenvalue weighted by molar-refractivity contribution is 6.31. The number of hydrogen-bond donors (Lipinski definition) is 1. The molecule has 3 nitrogen and oxygen atoms in total. The van der Waals surface area contributed by atoms with Crippen molar-refractivity contribution in [1.82, 2.24) is 5.32 Å². The molecule has 1 amide bonds. The quantitative estimate of drug-likeness (QED) is 0.827. The fraction of sp³-hybridized carbons (Fsp3) is 0.409. The van der Waals surface area contributed by atoms with E-state index in [4.69, 9.17) is 16.3 Å². The van der Waals surface area contributed by atoms with E-state index in [1.54, 1.807) is 6.07 Å². The third-order valence-electron chi connectivity index (χ3n) is 6.04. The number of hydrogen-bond acceptors (Lipinski definition) is 2. The van der Waals surface area contributed by atoms with Crippen molar-refractivity contribution in [2.24, 2.45) is 0 Å². The van der Waals surface area contributed by atoms with Gasteiger partial charge in [-0.05, 0) is 55.0 Å². The lowest BCUT2D eigenvalue weighted by Gasteiger charge is -2.36. The van der Waals surface area contributed by atoms with Crippen molar-refractivity contribution in [1.29, 1.82) is 0 Å². The lowest BCUT2D eigenvalue weighted by atomic mass is 9.73. The van der Waals surface area contributed by atoms with Crippen molar-refractivity contribution in [2.45, 2.75) is 36.5 Å². The van der Waals surface area contributed by atoms with Crippen LogP contribution in [0.4, 0.5) is 4.39 Å². The normalized spacial score (nSPS) is 20.1. The second-order valence-corrected chi connectivity index (χ2v) is 8.05. The van der Waals surface area contributed by atoms with E-state index in [1.165, 1.54) is 12.1 Å². The molecule has 0 aromatic heterocycles. The zero-order valence-electron chi connectivity index (χ0n) is 15.1. The SMILES string of the molecule is O=C(NCC1(c2ccccc2Cl)CC1)C1(c2cccc(F)c2)CCOCC1. The van der Waals surface area contributed by atoms with Crippen LogP contribution in [0.15, 0.2) is 48.5 Å². The third kappa shape index (κ3) is 3.48. The lowest BCUT2D eigenvalue weighted by Crippen LogP contribution is -2.49. The zero-order chi connectivity index (χ0) is 18.9. The molecule has 0 radical (unpaired) electrons. The van der Waals surface area contributed by atoms with Crippen molar-refractivity contribution >= 4 is 17.5 Å². The first-order chi connectivity index (χ1) is 13.1. The standard InChI is InChI=1S/C22H23ClFNO2/c23-19-7-2-1-6-18(19)21(8-9-21)15-25-20(26)22(10-12-27-13-11-22)16-4-3-5-17(24)14-16/h1-7,14H,8-13,15H2,(H,25,26). The summed E-state index contributed by atoms with van der Waals surface area (Å²) < 4.78 is 19.3. The van der Waals surface area contributed by atoms with Gasteiger partial charge in [0, 0.05) is 30.2 Å². The van der Waals surface area contributed by atoms with Crippen LogP contribution in [0.1, 0.15) is 36.8 Å². The van der Waals surface area contributed by atoms with Crippen LogP contribution in [-0.2, 0) is 20.4 Å². The lowest BCUT2D eigenvalue weighted by molar-refractivity contribution is -0.130. The summed E-state index contributed by atoms with van der Waals surface area (Å²) in [6.45, 7) is 1.55. The van der Waals surface area contributed by atoms with Crippen molar-refractivity contribution in [2.75, 3.05) is 19.8 Å². The molecule has 0 spiro atoms. The average Bonchev–Trinajstić information content (AvgIpc) is 3.48. The first-order valence-electron chi connectivity index (χ1n) is 9.43. The Balaban J connectivity index is 1.56. The predicted molar refractivity (Wildman–Crippen MR) is 104 cm³/mol. The topological polar surface area (TPSA) is 38.3 Å². The van der Waals surface area contributed by atoms with Gasteiger partial charge in [-0.3, -0.25) is 4.79 Å². The molecule has 2 fully saturated rings. The Hall–Kier alpha value is -1.91. The van der Waals surface area contributed by atoms with E-state index in [2.05, 4.69) is 5.32 Å². The highest BCUT2D eigenvalue weighted by Crippen LogP contribution is 2.50. The molecule has 1 aliphatic heterocycles. The zero-order valence-corrected chi connectivity index (χ0v) is 15.9. The summed E-state index contributed by atoms with van der Waals surface area (Å²) in [6.07, 6.45) is 3.13. The van der Waals surface area contributed by atoms with E-state index in [9.17, 15) is 9.18 Å². The maximum atomic E-state index is 13.8. The first-order valence-corrected chi connectivity index (χ1v) is 9.81. The van der Waals surface area contributed by atoms with Gasteiger partial charge in [0.25, 0.3) is 0 Å². The average molecular weight is 388 g/mol. The second-order valence-electron chi connectivity index (χ2n) is 7.65. The monoisotopic (exact) mass is 387 g/mol. The smallest absolute Gasteiger partial charge is 0.230 e. The number of rotatable bonds is 5. The number of nitrogens with one attached hydrogen (secondary N) is 1. The molecule has 0 atom stereocenters. The van der Waals surface area contributed by atoms with Gasteiger partial charge in [-0.2, -0.15) is 0 Å². The first kappa shape index (κ1) is 18.5. The largest absolute Gasteiger partial charge is 0.381 e. The summed E-state index contributed by atoms with van der Waals surface area (Å²) in [5.74, 6) is -0.365. The number of carbonyl (C=O) groups is 1. The van der Waals surface area contributed by atoms with Crippen LogP contribution in [0.2, 0.25) is 5.02 Å². The van der Waals surface area contributed by atoms with Gasteiger partial charge in [0.05, 0.1) is 5.41 Å². The van der Waals surface area contributed by atoms with Gasteiger partial charge in [0.2, 0.25) is 5.91 Å². The van der Waals surface area contributed by atoms with Gasteiger partial charge in [-0.15, -0.1) is 0 Å². The van der Waals surface area contributed by atoms with Gasteiger partial charge in [-0.1, -0.05) is 41.9 Å². The van der Waals surface area contributed by atoms with Crippen LogP contribution in [0, 0.1) is 5.82 Å². The van der Waals surface area contributed by atoms with Gasteiger partial charge in [0.15, 0.2) is 0 Å². The molecule has 2 aliphatic rings. The van der Waals surface area contributed by atoms with Crippen LogP contribution in [0.3, 0.4) is 0 Å². The van der Waals surface area contributed by atoms with Crippen LogP contribution in [-0.4, -0.2) is 25.7 Å². The molecule has 0 bridgehead atoms. The van der Waals surface area contributed by atoms with Crippen LogP contribution in [0.5, 0.6) is 0 Å². The second kappa shape index (κ2) is 7.25. The minimum Gasteiger partial charge on any atom is -0.381 e. The Labute approximate surface area is 163 Å². The number of amides is 1. The minimum atomic E-state index is -0.739. The Bertz CT molecular complexity index is 844. The Morgan fingerprint density at radius 1 is 1.07 bits per heavy atom. The molecule has 2 aromatic rings. The highest BCUT2D eigenvalue weighted by Gasteiger charge is 2.48. The summed E-state index contributed by atoms with van der Waals surface area (Å²) >= 11 is 6.38. The molecule has 27 heavy (non-hydrogen) atoms. The Morgan fingerprint density at radius 3 is 2.48 bits per heavy atom. The highest BCUT2D eigenvalue weighted by atomic mass is 35.5. The maximum Gasteiger partial charge on any atom is 0.230 e. The van der Waals surface area contributed by atoms with Crippen LogP contribution < -0.4 is 5.32 Å². The molecule has 1 saturated heterocycles. The molecule has 4 rings (SSSR count). The summed E-state index contributed by atoms with van der Waals surface area (Å²) in [6, 6.07) is 14.2. The molecule has 142 valence electrons. The number of halogens is 2. The van der Waals surface area contributed by atoms with E-state index in [0.29, 0.717) is 32.6 Å². The predicted octanol–water partition coefficient (Wildman–Crippen LogP) is 4.38. The molecule has 0 unspecified atom stereocenters. The fourth-order valence-corrected chi connectivity index (χ4v) is 4.49. The molecule has 5 heteroatoms. The van der Waals surface area contributed by atoms with Gasteiger partial charge >= 0.3 is 0 Å². The molecule has 1 N–H and O–H groups in total. The van der Waals surface area contributed by atoms with Gasteiger partial charge < -0.3 is 10.1 Å². The molecule has 1 aliphatic carbocycles. The Kier molecular flexibility index (Phi) is 4.95. The molecular formula is C22H23ClFNO2. The van der Waals surface area contributed by atoms with Gasteiger partial charge in [0.1, 0.15) is 5.82 Å². The maximum absolute atomic E-state index is 13.8. The van der Waals surface area contributed by atoms with E-state index >= 15 is 0 Å². The number of benzene rings is 2.